The van der Waals surface area contributed by atoms with Gasteiger partial charge in [0.05, 0.1) is 7.11 Å². The summed E-state index contributed by atoms with van der Waals surface area (Å²) in [5, 5.41) is 9.52. The number of ether oxygens (including phenoxy) is 1. The van der Waals surface area contributed by atoms with Gasteiger partial charge in [-0.2, -0.15) is 0 Å². The summed E-state index contributed by atoms with van der Waals surface area (Å²) in [7, 11) is 1.45. The predicted octanol–water partition coefficient (Wildman–Crippen LogP) is 2.00. The number of hydrogen-bond acceptors (Lipinski definition) is 4. The summed E-state index contributed by atoms with van der Waals surface area (Å²) in [4.78, 5) is 7.75. The fourth-order valence-corrected chi connectivity index (χ4v) is 1.31. The molecule has 1 aromatic carbocycles. The first-order valence-electron chi connectivity index (χ1n) is 4.56. The molecule has 0 unspecified atom stereocenters. The molecule has 82 valence electrons. The average molecular weight is 220 g/mol. The van der Waals surface area contributed by atoms with Crippen LogP contribution in [0.25, 0.3) is 11.1 Å². The van der Waals surface area contributed by atoms with E-state index in [-0.39, 0.29) is 6.01 Å². The maximum atomic E-state index is 13.1. The van der Waals surface area contributed by atoms with Gasteiger partial charge < -0.3 is 9.84 Å². The first kappa shape index (κ1) is 10.4. The molecule has 2 rings (SSSR count). The van der Waals surface area contributed by atoms with Gasteiger partial charge >= 0.3 is 6.01 Å². The molecule has 0 fully saturated rings. The van der Waals surface area contributed by atoms with E-state index in [1.807, 2.05) is 0 Å². The Balaban J connectivity index is 2.46. The molecule has 2 aromatic rings. The largest absolute Gasteiger partial charge is 0.504 e. The first-order valence-corrected chi connectivity index (χ1v) is 4.56. The van der Waals surface area contributed by atoms with E-state index in [2.05, 4.69) is 9.97 Å². The molecule has 0 amide bonds. The van der Waals surface area contributed by atoms with Crippen LogP contribution in [-0.4, -0.2) is 22.2 Å². The van der Waals surface area contributed by atoms with Crippen molar-refractivity contribution in [3.63, 3.8) is 0 Å². The Kier molecular flexibility index (Phi) is 2.68. The number of phenolic OH excluding ortho intramolecular Hbond substituents is 1. The highest BCUT2D eigenvalue weighted by Crippen LogP contribution is 2.30. The lowest BCUT2D eigenvalue weighted by molar-refractivity contribution is 0.380. The van der Waals surface area contributed by atoms with Crippen molar-refractivity contribution in [2.75, 3.05) is 7.11 Å². The number of para-hydroxylation sites is 1. The van der Waals surface area contributed by atoms with Crippen LogP contribution in [0.5, 0.6) is 11.8 Å². The standard InChI is InChI=1S/C11H9FN2O2/c1-16-11-13-5-7(6-14-11)8-3-2-4-9(12)10(8)15/h2-6,15H,1H3. The van der Waals surface area contributed by atoms with Crippen LogP contribution in [-0.2, 0) is 0 Å². The Morgan fingerprint density at radius 1 is 1.25 bits per heavy atom. The number of halogens is 1. The highest BCUT2D eigenvalue weighted by atomic mass is 19.1. The second-order valence-electron chi connectivity index (χ2n) is 3.09. The molecule has 0 radical (unpaired) electrons. The zero-order chi connectivity index (χ0) is 11.5. The van der Waals surface area contributed by atoms with Crippen molar-refractivity contribution in [3.8, 4) is 22.9 Å². The monoisotopic (exact) mass is 220 g/mol. The van der Waals surface area contributed by atoms with Gasteiger partial charge in [-0.25, -0.2) is 14.4 Å². The van der Waals surface area contributed by atoms with Gasteiger partial charge in [-0.05, 0) is 6.07 Å². The maximum absolute atomic E-state index is 13.1. The second kappa shape index (κ2) is 4.14. The van der Waals surface area contributed by atoms with Crippen LogP contribution >= 0.6 is 0 Å². The van der Waals surface area contributed by atoms with E-state index >= 15 is 0 Å². The van der Waals surface area contributed by atoms with Crippen molar-refractivity contribution < 1.29 is 14.2 Å². The topological polar surface area (TPSA) is 55.2 Å². The van der Waals surface area contributed by atoms with Crippen LogP contribution in [0.1, 0.15) is 0 Å². The number of rotatable bonds is 2. The van der Waals surface area contributed by atoms with Gasteiger partial charge in [0.25, 0.3) is 0 Å². The van der Waals surface area contributed by atoms with Crippen molar-refractivity contribution in [3.05, 3.63) is 36.4 Å². The van der Waals surface area contributed by atoms with E-state index in [1.54, 1.807) is 6.07 Å². The van der Waals surface area contributed by atoms with Crippen LogP contribution in [0.15, 0.2) is 30.6 Å². The van der Waals surface area contributed by atoms with Crippen LogP contribution in [0.2, 0.25) is 0 Å². The van der Waals surface area contributed by atoms with Crippen LogP contribution < -0.4 is 4.74 Å². The highest BCUT2D eigenvalue weighted by molar-refractivity contribution is 5.68. The summed E-state index contributed by atoms with van der Waals surface area (Å²) in [6.45, 7) is 0. The Hall–Kier alpha value is -2.17. The molecule has 0 aliphatic rings. The third-order valence-electron chi connectivity index (χ3n) is 2.11. The minimum atomic E-state index is -0.673. The Morgan fingerprint density at radius 3 is 2.56 bits per heavy atom. The van der Waals surface area contributed by atoms with Crippen molar-refractivity contribution >= 4 is 0 Å². The molecule has 1 N–H and O–H groups in total. The Bertz CT molecular complexity index is 500. The summed E-state index contributed by atoms with van der Waals surface area (Å²) in [6, 6.07) is 4.50. The van der Waals surface area contributed by atoms with Crippen molar-refractivity contribution in [2.24, 2.45) is 0 Å². The number of hydrogen-bond donors (Lipinski definition) is 1. The van der Waals surface area contributed by atoms with Gasteiger partial charge in [-0.3, -0.25) is 0 Å². The highest BCUT2D eigenvalue weighted by Gasteiger charge is 2.09. The van der Waals surface area contributed by atoms with Crippen LogP contribution in [0.3, 0.4) is 0 Å². The van der Waals surface area contributed by atoms with Gasteiger partial charge in [-0.1, -0.05) is 12.1 Å². The predicted molar refractivity (Wildman–Crippen MR) is 55.6 cm³/mol. The molecule has 0 aliphatic heterocycles. The number of nitrogens with zero attached hydrogens (tertiary/aromatic N) is 2. The van der Waals surface area contributed by atoms with Gasteiger partial charge in [0, 0.05) is 23.5 Å². The first-order chi connectivity index (χ1) is 7.72. The van der Waals surface area contributed by atoms with Crippen LogP contribution in [0.4, 0.5) is 4.39 Å². The normalized spacial score (nSPS) is 10.1. The summed E-state index contributed by atoms with van der Waals surface area (Å²) >= 11 is 0. The molecular weight excluding hydrogens is 211 g/mol. The lowest BCUT2D eigenvalue weighted by Gasteiger charge is -2.04. The fourth-order valence-electron chi connectivity index (χ4n) is 1.31. The molecule has 0 saturated heterocycles. The molecule has 4 nitrogen and oxygen atoms in total. The van der Waals surface area contributed by atoms with Crippen molar-refractivity contribution in [1.82, 2.24) is 9.97 Å². The third-order valence-corrected chi connectivity index (χ3v) is 2.11. The van der Waals surface area contributed by atoms with Crippen molar-refractivity contribution in [1.29, 1.82) is 0 Å². The molecule has 0 atom stereocenters. The van der Waals surface area contributed by atoms with E-state index in [4.69, 9.17) is 4.74 Å². The number of methoxy groups -OCH3 is 1. The number of phenols is 1. The quantitative estimate of drug-likeness (QED) is 0.840. The van der Waals surface area contributed by atoms with E-state index in [0.717, 1.165) is 0 Å². The summed E-state index contributed by atoms with van der Waals surface area (Å²) in [5.74, 6) is -1.08. The lowest BCUT2D eigenvalue weighted by Crippen LogP contribution is -1.92. The van der Waals surface area contributed by atoms with E-state index < -0.39 is 11.6 Å². The molecule has 0 saturated carbocycles. The fraction of sp³-hybridized carbons (Fsp3) is 0.0909. The Labute approximate surface area is 91.4 Å². The summed E-state index contributed by atoms with van der Waals surface area (Å²) < 4.78 is 17.9. The van der Waals surface area contributed by atoms with Gasteiger partial charge in [0.2, 0.25) is 0 Å². The zero-order valence-corrected chi connectivity index (χ0v) is 8.51. The molecule has 16 heavy (non-hydrogen) atoms. The smallest absolute Gasteiger partial charge is 0.316 e. The minimum absolute atomic E-state index is 0.222. The Morgan fingerprint density at radius 2 is 1.94 bits per heavy atom. The van der Waals surface area contributed by atoms with Gasteiger partial charge in [-0.15, -0.1) is 0 Å². The van der Waals surface area contributed by atoms with E-state index in [0.29, 0.717) is 11.1 Å². The van der Waals surface area contributed by atoms with E-state index in [1.165, 1.54) is 31.6 Å². The number of aromatic nitrogens is 2. The third kappa shape index (κ3) is 1.79. The summed E-state index contributed by atoms with van der Waals surface area (Å²) in [5.41, 5.74) is 0.875. The molecule has 1 aromatic heterocycles. The second-order valence-corrected chi connectivity index (χ2v) is 3.09. The number of benzene rings is 1. The van der Waals surface area contributed by atoms with E-state index in [9.17, 15) is 9.50 Å². The van der Waals surface area contributed by atoms with Gasteiger partial charge in [0.15, 0.2) is 11.6 Å². The molecule has 0 aliphatic carbocycles. The molecular formula is C11H9FN2O2. The average Bonchev–Trinajstić information content (AvgIpc) is 2.33. The maximum Gasteiger partial charge on any atom is 0.316 e. The number of aromatic hydroxyl groups is 1. The molecule has 1 heterocycles. The molecule has 0 bridgehead atoms. The van der Waals surface area contributed by atoms with Crippen molar-refractivity contribution in [2.45, 2.75) is 0 Å². The van der Waals surface area contributed by atoms with Gasteiger partial charge in [0.1, 0.15) is 0 Å². The lowest BCUT2D eigenvalue weighted by atomic mass is 10.1. The minimum Gasteiger partial charge on any atom is -0.504 e. The SMILES string of the molecule is COc1ncc(-c2cccc(F)c2O)cn1. The molecule has 5 heteroatoms. The van der Waals surface area contributed by atoms with Crippen LogP contribution in [0, 0.1) is 5.82 Å². The molecule has 0 spiro atoms. The zero-order valence-electron chi connectivity index (χ0n) is 8.51. The summed E-state index contributed by atoms with van der Waals surface area (Å²) in [6.07, 6.45) is 2.92.